The highest BCUT2D eigenvalue weighted by atomic mass is 35.5. The van der Waals surface area contributed by atoms with Gasteiger partial charge < -0.3 is 19.3 Å². The van der Waals surface area contributed by atoms with Crippen LogP contribution in [0, 0.1) is 0 Å². The molecule has 0 aliphatic carbocycles. The highest BCUT2D eigenvalue weighted by Gasteiger charge is 1.99. The Kier molecular flexibility index (Phi) is 12.0. The molecule has 0 aromatic rings. The van der Waals surface area contributed by atoms with Crippen LogP contribution in [0.5, 0.6) is 0 Å². The zero-order chi connectivity index (χ0) is 11.0. The lowest BCUT2D eigenvalue weighted by Crippen LogP contribution is -2.23. The van der Waals surface area contributed by atoms with Crippen molar-refractivity contribution < 1.29 is 9.47 Å². The van der Waals surface area contributed by atoms with Gasteiger partial charge in [-0.05, 0) is 28.2 Å². The maximum absolute atomic E-state index is 5.18. The SMILES string of the molecule is CN(C)CCOC(=S)OCCN(C)C.Cl. The molecule has 0 saturated heterocycles. The topological polar surface area (TPSA) is 24.9 Å². The first kappa shape index (κ1) is 17.3. The van der Waals surface area contributed by atoms with Crippen molar-refractivity contribution in [2.24, 2.45) is 0 Å². The monoisotopic (exact) mass is 256 g/mol. The van der Waals surface area contributed by atoms with E-state index >= 15 is 0 Å². The number of hydrogen-bond acceptors (Lipinski definition) is 5. The predicted molar refractivity (Wildman–Crippen MR) is 68.9 cm³/mol. The van der Waals surface area contributed by atoms with Gasteiger partial charge in [0.25, 0.3) is 0 Å². The normalized spacial score (nSPS) is 10.0. The lowest BCUT2D eigenvalue weighted by atomic mass is 10.6. The summed E-state index contributed by atoms with van der Waals surface area (Å²) in [5.41, 5.74) is 0. The Morgan fingerprint density at radius 2 is 1.27 bits per heavy atom. The lowest BCUT2D eigenvalue weighted by Gasteiger charge is -2.13. The van der Waals surface area contributed by atoms with Crippen LogP contribution in [-0.4, -0.2) is 69.5 Å². The van der Waals surface area contributed by atoms with E-state index in [0.717, 1.165) is 13.1 Å². The summed E-state index contributed by atoms with van der Waals surface area (Å²) >= 11 is 4.88. The van der Waals surface area contributed by atoms with Crippen LogP contribution in [0.1, 0.15) is 0 Å². The molecule has 0 N–H and O–H groups in total. The average Bonchev–Trinajstić information content (AvgIpc) is 2.02. The van der Waals surface area contributed by atoms with Gasteiger partial charge in [-0.2, -0.15) is 0 Å². The molecule has 6 heteroatoms. The van der Waals surface area contributed by atoms with Crippen molar-refractivity contribution in [3.8, 4) is 0 Å². The van der Waals surface area contributed by atoms with Gasteiger partial charge in [0.1, 0.15) is 13.2 Å². The quantitative estimate of drug-likeness (QED) is 0.657. The maximum Gasteiger partial charge on any atom is 0.352 e. The summed E-state index contributed by atoms with van der Waals surface area (Å²) in [4.78, 5) is 4.06. The molecule has 0 atom stereocenters. The predicted octanol–water partition coefficient (Wildman–Crippen LogP) is 0.850. The fraction of sp³-hybridized carbons (Fsp3) is 0.889. The van der Waals surface area contributed by atoms with Gasteiger partial charge >= 0.3 is 5.24 Å². The molecule has 0 saturated carbocycles. The van der Waals surface area contributed by atoms with E-state index in [4.69, 9.17) is 21.7 Å². The Morgan fingerprint density at radius 3 is 1.53 bits per heavy atom. The van der Waals surface area contributed by atoms with E-state index in [9.17, 15) is 0 Å². The Balaban J connectivity index is 0. The molecule has 0 aromatic carbocycles. The van der Waals surface area contributed by atoms with E-state index < -0.39 is 0 Å². The van der Waals surface area contributed by atoms with Gasteiger partial charge in [-0.15, -0.1) is 12.4 Å². The van der Waals surface area contributed by atoms with Gasteiger partial charge in [-0.25, -0.2) is 0 Å². The van der Waals surface area contributed by atoms with Crippen molar-refractivity contribution in [1.29, 1.82) is 0 Å². The van der Waals surface area contributed by atoms with Gasteiger partial charge in [0.05, 0.1) is 0 Å². The number of rotatable bonds is 6. The number of hydrogen-bond donors (Lipinski definition) is 0. The van der Waals surface area contributed by atoms with Gasteiger partial charge in [-0.3, -0.25) is 0 Å². The number of halogens is 1. The first-order chi connectivity index (χ1) is 6.52. The second-order valence-corrected chi connectivity index (χ2v) is 3.89. The molecule has 0 rings (SSSR count). The van der Waals surface area contributed by atoms with Crippen LogP contribution >= 0.6 is 24.6 Å². The molecule has 4 nitrogen and oxygen atoms in total. The average molecular weight is 257 g/mol. The Bertz CT molecular complexity index is 152. The minimum atomic E-state index is 0. The second kappa shape index (κ2) is 10.4. The Labute approximate surface area is 104 Å². The summed E-state index contributed by atoms with van der Waals surface area (Å²) in [5.74, 6) is 0. The highest BCUT2D eigenvalue weighted by Crippen LogP contribution is 1.88. The van der Waals surface area contributed by atoms with Gasteiger partial charge in [0.2, 0.25) is 0 Å². The molecule has 15 heavy (non-hydrogen) atoms. The third kappa shape index (κ3) is 13.9. The number of ether oxygens (including phenoxy) is 2. The molecular weight excluding hydrogens is 236 g/mol. The van der Waals surface area contributed by atoms with Gasteiger partial charge in [0, 0.05) is 25.3 Å². The Hall–Kier alpha value is -0.100. The zero-order valence-electron chi connectivity index (χ0n) is 9.86. The van der Waals surface area contributed by atoms with Crippen LogP contribution in [-0.2, 0) is 9.47 Å². The molecule has 0 aromatic heterocycles. The van der Waals surface area contributed by atoms with E-state index in [0.29, 0.717) is 13.2 Å². The van der Waals surface area contributed by atoms with Crippen LogP contribution < -0.4 is 0 Å². The minimum absolute atomic E-state index is 0. The second-order valence-electron chi connectivity index (χ2n) is 3.55. The summed E-state index contributed by atoms with van der Waals surface area (Å²) in [5, 5.41) is 0.244. The number of likely N-dealkylation sites (N-methyl/N-ethyl adjacent to an activating group) is 2. The fourth-order valence-corrected chi connectivity index (χ4v) is 0.831. The standard InChI is InChI=1S/C9H20N2O2S.ClH/c1-10(2)5-7-12-9(14)13-8-6-11(3)4;/h5-8H2,1-4H3;1H. The van der Waals surface area contributed by atoms with Crippen LogP contribution in [0.4, 0.5) is 0 Å². The molecule has 0 amide bonds. The van der Waals surface area contributed by atoms with Crippen molar-refractivity contribution in [1.82, 2.24) is 9.80 Å². The lowest BCUT2D eigenvalue weighted by molar-refractivity contribution is 0.153. The molecule has 0 aliphatic rings. The first-order valence-electron chi connectivity index (χ1n) is 4.61. The first-order valence-corrected chi connectivity index (χ1v) is 5.02. The third-order valence-corrected chi connectivity index (χ3v) is 1.75. The van der Waals surface area contributed by atoms with Crippen molar-refractivity contribution >= 4 is 29.9 Å². The number of thiocarbonyl (C=S) groups is 1. The molecule has 0 aliphatic heterocycles. The molecule has 0 radical (unpaired) electrons. The summed E-state index contributed by atoms with van der Waals surface area (Å²) in [6.45, 7) is 2.84. The molecular formula is C9H21ClN2O2S. The van der Waals surface area contributed by atoms with E-state index in [2.05, 4.69) is 0 Å². The van der Waals surface area contributed by atoms with Crippen LogP contribution in [0.15, 0.2) is 0 Å². The molecule has 0 spiro atoms. The summed E-state index contributed by atoms with van der Waals surface area (Å²) in [6, 6.07) is 0. The summed E-state index contributed by atoms with van der Waals surface area (Å²) in [6.07, 6.45) is 0. The highest BCUT2D eigenvalue weighted by molar-refractivity contribution is 7.79. The minimum Gasteiger partial charge on any atom is -0.456 e. The summed E-state index contributed by atoms with van der Waals surface area (Å²) in [7, 11) is 7.94. The Morgan fingerprint density at radius 1 is 0.933 bits per heavy atom. The largest absolute Gasteiger partial charge is 0.456 e. The van der Waals surface area contributed by atoms with Crippen molar-refractivity contribution in [3.63, 3.8) is 0 Å². The number of nitrogens with zero attached hydrogens (tertiary/aromatic N) is 2. The zero-order valence-corrected chi connectivity index (χ0v) is 11.5. The van der Waals surface area contributed by atoms with Gasteiger partial charge in [-0.1, -0.05) is 0 Å². The fourth-order valence-electron chi connectivity index (χ4n) is 0.665. The van der Waals surface area contributed by atoms with Crippen LogP contribution in [0.2, 0.25) is 0 Å². The summed E-state index contributed by atoms with van der Waals surface area (Å²) < 4.78 is 10.4. The van der Waals surface area contributed by atoms with E-state index in [-0.39, 0.29) is 17.6 Å². The smallest absolute Gasteiger partial charge is 0.352 e. The molecule has 0 fully saturated rings. The van der Waals surface area contributed by atoms with Crippen molar-refractivity contribution in [2.45, 2.75) is 0 Å². The van der Waals surface area contributed by atoms with E-state index in [1.807, 2.05) is 38.0 Å². The maximum atomic E-state index is 5.18. The van der Waals surface area contributed by atoms with Crippen LogP contribution in [0.3, 0.4) is 0 Å². The van der Waals surface area contributed by atoms with E-state index in [1.165, 1.54) is 0 Å². The van der Waals surface area contributed by atoms with Crippen molar-refractivity contribution in [2.75, 3.05) is 54.5 Å². The molecule has 0 unspecified atom stereocenters. The molecule has 92 valence electrons. The van der Waals surface area contributed by atoms with Crippen LogP contribution in [0.25, 0.3) is 0 Å². The van der Waals surface area contributed by atoms with Crippen molar-refractivity contribution in [3.05, 3.63) is 0 Å². The van der Waals surface area contributed by atoms with Gasteiger partial charge in [0.15, 0.2) is 0 Å². The third-order valence-electron chi connectivity index (χ3n) is 1.52. The van der Waals surface area contributed by atoms with E-state index in [1.54, 1.807) is 0 Å². The molecule has 0 bridgehead atoms. The molecule has 0 heterocycles.